The number of halogens is 1. The van der Waals surface area contributed by atoms with E-state index >= 15 is 0 Å². The van der Waals surface area contributed by atoms with Crippen LogP contribution in [-0.4, -0.2) is 42.5 Å². The van der Waals surface area contributed by atoms with Gasteiger partial charge in [0.1, 0.15) is 5.82 Å². The van der Waals surface area contributed by atoms with Crippen LogP contribution < -0.4 is 0 Å². The largest absolute Gasteiger partial charge is 0.301 e. The highest BCUT2D eigenvalue weighted by molar-refractivity contribution is 5.31. The second-order valence-electron chi connectivity index (χ2n) is 7.38. The van der Waals surface area contributed by atoms with Gasteiger partial charge < -0.3 is 4.90 Å². The maximum absolute atomic E-state index is 13.1. The van der Waals surface area contributed by atoms with Crippen molar-refractivity contribution in [1.82, 2.24) is 9.80 Å². The summed E-state index contributed by atoms with van der Waals surface area (Å²) in [4.78, 5) is 5.06. The number of hydrogen-bond donors (Lipinski definition) is 0. The molecule has 0 saturated carbocycles. The summed E-state index contributed by atoms with van der Waals surface area (Å²) in [7, 11) is 2.26. The minimum atomic E-state index is -0.156. The molecule has 0 spiro atoms. The fourth-order valence-corrected chi connectivity index (χ4v) is 4.66. The van der Waals surface area contributed by atoms with Crippen molar-refractivity contribution >= 4 is 0 Å². The Labute approximate surface area is 143 Å². The Bertz CT molecular complexity index is 685. The summed E-state index contributed by atoms with van der Waals surface area (Å²) in [5.74, 6) is -0.156. The summed E-state index contributed by atoms with van der Waals surface area (Å²) in [6, 6.07) is 18.6. The maximum Gasteiger partial charge on any atom is 0.123 e. The molecule has 2 aromatic rings. The molecule has 2 aromatic carbocycles. The van der Waals surface area contributed by atoms with Gasteiger partial charge in [-0.15, -0.1) is 0 Å². The summed E-state index contributed by atoms with van der Waals surface area (Å²) >= 11 is 0. The number of benzene rings is 2. The molecule has 3 heteroatoms. The van der Waals surface area contributed by atoms with Gasteiger partial charge in [-0.2, -0.15) is 0 Å². The van der Waals surface area contributed by atoms with Crippen LogP contribution in [0.5, 0.6) is 0 Å². The molecule has 0 radical (unpaired) electrons. The minimum Gasteiger partial charge on any atom is -0.301 e. The molecule has 0 unspecified atom stereocenters. The van der Waals surface area contributed by atoms with Crippen molar-refractivity contribution < 1.29 is 4.39 Å². The van der Waals surface area contributed by atoms with Crippen molar-refractivity contribution in [3.63, 3.8) is 0 Å². The van der Waals surface area contributed by atoms with Gasteiger partial charge in [0.2, 0.25) is 0 Å². The molecule has 0 aromatic heterocycles. The number of nitrogens with zero attached hydrogens (tertiary/aromatic N) is 2. The first-order valence-corrected chi connectivity index (χ1v) is 8.90. The lowest BCUT2D eigenvalue weighted by molar-refractivity contribution is 0.0917. The number of hydrogen-bond acceptors (Lipinski definition) is 2. The summed E-state index contributed by atoms with van der Waals surface area (Å²) in [5, 5.41) is 0. The van der Waals surface area contributed by atoms with Crippen LogP contribution in [0.25, 0.3) is 0 Å². The quantitative estimate of drug-likeness (QED) is 0.850. The van der Waals surface area contributed by atoms with E-state index in [-0.39, 0.29) is 5.82 Å². The van der Waals surface area contributed by atoms with E-state index in [2.05, 4.69) is 47.2 Å². The van der Waals surface area contributed by atoms with E-state index in [0.717, 1.165) is 19.6 Å². The highest BCUT2D eigenvalue weighted by Crippen LogP contribution is 2.45. The van der Waals surface area contributed by atoms with Gasteiger partial charge in [-0.25, -0.2) is 4.39 Å². The first-order chi connectivity index (χ1) is 11.7. The third kappa shape index (κ3) is 2.76. The van der Waals surface area contributed by atoms with E-state index in [1.807, 2.05) is 12.1 Å². The highest BCUT2D eigenvalue weighted by Gasteiger charge is 2.49. The Morgan fingerprint density at radius 1 is 1.00 bits per heavy atom. The van der Waals surface area contributed by atoms with Crippen LogP contribution in [0.15, 0.2) is 54.6 Å². The fourth-order valence-electron chi connectivity index (χ4n) is 4.66. The molecule has 2 atom stereocenters. The first kappa shape index (κ1) is 15.8. The van der Waals surface area contributed by atoms with Crippen LogP contribution >= 0.6 is 0 Å². The van der Waals surface area contributed by atoms with E-state index in [4.69, 9.17) is 0 Å². The van der Waals surface area contributed by atoms with Crippen LogP contribution in [0.2, 0.25) is 0 Å². The van der Waals surface area contributed by atoms with Gasteiger partial charge in [0.05, 0.1) is 0 Å². The second kappa shape index (κ2) is 6.30. The zero-order valence-corrected chi connectivity index (χ0v) is 14.3. The SMILES string of the molecule is CN1CC[C@]2(c3ccccc3)CCN(Cc3ccc(F)cc3)C[C@H]12. The topological polar surface area (TPSA) is 6.48 Å². The monoisotopic (exact) mass is 324 g/mol. The van der Waals surface area contributed by atoms with Crippen molar-refractivity contribution in [2.45, 2.75) is 30.8 Å². The van der Waals surface area contributed by atoms with Crippen molar-refractivity contribution in [1.29, 1.82) is 0 Å². The van der Waals surface area contributed by atoms with Gasteiger partial charge in [0.15, 0.2) is 0 Å². The molecule has 0 N–H and O–H groups in total. The molecule has 0 bridgehead atoms. The predicted octanol–water partition coefficient (Wildman–Crippen LogP) is 3.67. The van der Waals surface area contributed by atoms with Gasteiger partial charge in [0, 0.05) is 24.5 Å². The van der Waals surface area contributed by atoms with Crippen LogP contribution in [0.3, 0.4) is 0 Å². The standard InChI is InChI=1S/C21H25FN2/c1-23-13-11-21(18-5-3-2-4-6-18)12-14-24(16-20(21)23)15-17-7-9-19(22)10-8-17/h2-10,20H,11-16H2,1H3/t20-,21+/m0/s1. The second-order valence-corrected chi connectivity index (χ2v) is 7.38. The normalized spacial score (nSPS) is 28.0. The Morgan fingerprint density at radius 3 is 2.46 bits per heavy atom. The van der Waals surface area contributed by atoms with Gasteiger partial charge >= 0.3 is 0 Å². The van der Waals surface area contributed by atoms with Gasteiger partial charge in [-0.1, -0.05) is 42.5 Å². The van der Waals surface area contributed by atoms with Crippen molar-refractivity contribution in [3.8, 4) is 0 Å². The smallest absolute Gasteiger partial charge is 0.123 e. The van der Waals surface area contributed by atoms with E-state index in [1.165, 1.54) is 30.5 Å². The van der Waals surface area contributed by atoms with E-state index in [9.17, 15) is 4.39 Å². The van der Waals surface area contributed by atoms with Crippen molar-refractivity contribution in [3.05, 3.63) is 71.5 Å². The molecule has 2 fully saturated rings. The number of likely N-dealkylation sites (tertiary alicyclic amines) is 2. The lowest BCUT2D eigenvalue weighted by Gasteiger charge is -2.46. The summed E-state index contributed by atoms with van der Waals surface area (Å²) in [6.07, 6.45) is 2.45. The average molecular weight is 324 g/mol. The van der Waals surface area contributed by atoms with Gasteiger partial charge in [-0.3, -0.25) is 4.90 Å². The minimum absolute atomic E-state index is 0.156. The van der Waals surface area contributed by atoms with Crippen LogP contribution in [-0.2, 0) is 12.0 Å². The zero-order valence-electron chi connectivity index (χ0n) is 14.3. The van der Waals surface area contributed by atoms with Gasteiger partial charge in [-0.05, 0) is 56.2 Å². The predicted molar refractivity (Wildman–Crippen MR) is 95.4 cm³/mol. The molecule has 2 aliphatic heterocycles. The molecule has 4 rings (SSSR count). The lowest BCUT2D eigenvalue weighted by atomic mass is 9.69. The molecule has 24 heavy (non-hydrogen) atoms. The number of fused-ring (bicyclic) bond motifs is 1. The lowest BCUT2D eigenvalue weighted by Crippen LogP contribution is -2.54. The molecule has 2 nitrogen and oxygen atoms in total. The third-order valence-electron chi connectivity index (χ3n) is 6.05. The third-order valence-corrected chi connectivity index (χ3v) is 6.05. The Morgan fingerprint density at radius 2 is 1.71 bits per heavy atom. The zero-order chi connectivity index (χ0) is 16.6. The van der Waals surface area contributed by atoms with Crippen LogP contribution in [0.1, 0.15) is 24.0 Å². The molecule has 2 saturated heterocycles. The van der Waals surface area contributed by atoms with Crippen molar-refractivity contribution in [2.75, 3.05) is 26.7 Å². The van der Waals surface area contributed by atoms with Crippen molar-refractivity contribution in [2.24, 2.45) is 0 Å². The molecule has 0 amide bonds. The number of likely N-dealkylation sites (N-methyl/N-ethyl adjacent to an activating group) is 1. The fraction of sp³-hybridized carbons (Fsp3) is 0.429. The molecule has 2 aliphatic rings. The number of rotatable bonds is 3. The number of piperidine rings is 1. The van der Waals surface area contributed by atoms with E-state index < -0.39 is 0 Å². The Balaban J connectivity index is 1.54. The molecule has 0 aliphatic carbocycles. The average Bonchev–Trinajstić information content (AvgIpc) is 2.96. The Hall–Kier alpha value is -1.71. The van der Waals surface area contributed by atoms with Crippen LogP contribution in [0, 0.1) is 5.82 Å². The molecule has 2 heterocycles. The van der Waals surface area contributed by atoms with E-state index in [1.54, 1.807) is 12.1 Å². The summed E-state index contributed by atoms with van der Waals surface area (Å²) < 4.78 is 13.1. The van der Waals surface area contributed by atoms with E-state index in [0.29, 0.717) is 11.5 Å². The summed E-state index contributed by atoms with van der Waals surface area (Å²) in [6.45, 7) is 4.28. The molecular weight excluding hydrogens is 299 g/mol. The van der Waals surface area contributed by atoms with Crippen LogP contribution in [0.4, 0.5) is 4.39 Å². The maximum atomic E-state index is 13.1. The Kier molecular flexibility index (Phi) is 4.15. The first-order valence-electron chi connectivity index (χ1n) is 8.90. The van der Waals surface area contributed by atoms with Gasteiger partial charge in [0.25, 0.3) is 0 Å². The molecular formula is C21H25FN2. The molecule has 126 valence electrons. The highest BCUT2D eigenvalue weighted by atomic mass is 19.1. The summed E-state index contributed by atoms with van der Waals surface area (Å²) in [5.41, 5.74) is 3.00.